The number of rotatable bonds is 4. The molecule has 26 heavy (non-hydrogen) atoms. The van der Waals surface area contributed by atoms with E-state index in [0.717, 1.165) is 16.5 Å². The van der Waals surface area contributed by atoms with Crippen molar-refractivity contribution in [2.75, 3.05) is 11.9 Å². The number of benzene rings is 2. The molecule has 0 saturated heterocycles. The van der Waals surface area contributed by atoms with Crippen LogP contribution < -0.4 is 16.2 Å². The number of nitrogens with zero attached hydrogens (tertiary/aromatic N) is 4. The summed E-state index contributed by atoms with van der Waals surface area (Å²) in [6.45, 7) is 0.994. The minimum absolute atomic E-state index is 0.226. The van der Waals surface area contributed by atoms with E-state index >= 15 is 0 Å². The van der Waals surface area contributed by atoms with Crippen molar-refractivity contribution in [3.8, 4) is 0 Å². The minimum atomic E-state index is -0.303. The summed E-state index contributed by atoms with van der Waals surface area (Å²) in [5, 5.41) is 16.9. The van der Waals surface area contributed by atoms with Crippen molar-refractivity contribution in [3.05, 3.63) is 59.1 Å². The molecule has 0 radical (unpaired) electrons. The van der Waals surface area contributed by atoms with E-state index in [2.05, 4.69) is 43.0 Å². The van der Waals surface area contributed by atoms with Crippen molar-refractivity contribution in [1.82, 2.24) is 30.3 Å². The van der Waals surface area contributed by atoms with Crippen LogP contribution in [-0.2, 0) is 6.54 Å². The first-order valence-electron chi connectivity index (χ1n) is 8.02. The van der Waals surface area contributed by atoms with Crippen LogP contribution in [0.5, 0.6) is 0 Å². The lowest BCUT2D eigenvalue weighted by atomic mass is 10.1. The summed E-state index contributed by atoms with van der Waals surface area (Å²) in [7, 11) is 0. The van der Waals surface area contributed by atoms with E-state index in [-0.39, 0.29) is 11.1 Å². The first-order chi connectivity index (χ1) is 12.7. The van der Waals surface area contributed by atoms with E-state index in [9.17, 15) is 4.79 Å². The lowest BCUT2D eigenvalue weighted by Crippen LogP contribution is -2.31. The average molecular weight is 365 g/mol. The average Bonchev–Trinajstić information content (AvgIpc) is 3.07. The number of hydrogen-bond donors (Lipinski definition) is 3. The van der Waals surface area contributed by atoms with Gasteiger partial charge in [-0.05, 0) is 23.7 Å². The number of thiocarbonyl (C=S) groups is 1. The van der Waals surface area contributed by atoms with Crippen molar-refractivity contribution in [3.63, 3.8) is 0 Å². The highest BCUT2D eigenvalue weighted by Crippen LogP contribution is 2.22. The number of hydrogen-bond acceptors (Lipinski definition) is 5. The lowest BCUT2D eigenvalue weighted by Gasteiger charge is -2.12. The van der Waals surface area contributed by atoms with E-state index < -0.39 is 0 Å². The molecule has 130 valence electrons. The van der Waals surface area contributed by atoms with Crippen molar-refractivity contribution in [1.29, 1.82) is 0 Å². The molecule has 4 aromatic rings. The number of aromatic amines is 1. The molecule has 0 aliphatic rings. The molecule has 3 N–H and O–H groups in total. The molecule has 8 nitrogen and oxygen atoms in total. The second-order valence-corrected chi connectivity index (χ2v) is 6.03. The third-order valence-electron chi connectivity index (χ3n) is 3.95. The van der Waals surface area contributed by atoms with Gasteiger partial charge in [0.1, 0.15) is 0 Å². The molecule has 0 unspecified atom stereocenters. The summed E-state index contributed by atoms with van der Waals surface area (Å²) < 4.78 is 1.57. The molecule has 0 fully saturated rings. The Kier molecular flexibility index (Phi) is 4.28. The Morgan fingerprint density at radius 1 is 1.19 bits per heavy atom. The zero-order chi connectivity index (χ0) is 17.9. The van der Waals surface area contributed by atoms with Gasteiger partial charge >= 0.3 is 0 Å². The first-order valence-corrected chi connectivity index (χ1v) is 8.43. The quantitative estimate of drug-likeness (QED) is 0.473. The Morgan fingerprint density at radius 3 is 2.96 bits per heavy atom. The van der Waals surface area contributed by atoms with Crippen molar-refractivity contribution >= 4 is 45.0 Å². The third-order valence-corrected chi connectivity index (χ3v) is 4.20. The Bertz CT molecular complexity index is 1150. The van der Waals surface area contributed by atoms with Crippen molar-refractivity contribution in [2.24, 2.45) is 0 Å². The van der Waals surface area contributed by atoms with Gasteiger partial charge in [0, 0.05) is 17.6 Å². The molecule has 2 aromatic heterocycles. The summed E-state index contributed by atoms with van der Waals surface area (Å²) in [6, 6.07) is 14.1. The molecule has 0 spiro atoms. The van der Waals surface area contributed by atoms with Crippen LogP contribution in [0.4, 0.5) is 5.69 Å². The molecule has 2 heterocycles. The van der Waals surface area contributed by atoms with E-state index in [4.69, 9.17) is 12.2 Å². The monoisotopic (exact) mass is 365 g/mol. The van der Waals surface area contributed by atoms with Crippen molar-refractivity contribution in [2.45, 2.75) is 6.54 Å². The zero-order valence-corrected chi connectivity index (χ0v) is 14.5. The van der Waals surface area contributed by atoms with Gasteiger partial charge < -0.3 is 15.6 Å². The molecule has 0 amide bonds. The number of fused-ring (bicyclic) bond motifs is 2. The van der Waals surface area contributed by atoms with Crippen LogP contribution in [0.2, 0.25) is 0 Å². The number of H-pyrrole nitrogens is 1. The maximum absolute atomic E-state index is 11.6. The molecular weight excluding hydrogens is 350 g/mol. The lowest BCUT2D eigenvalue weighted by molar-refractivity contribution is 0.593. The fourth-order valence-electron chi connectivity index (χ4n) is 2.73. The molecule has 2 aromatic carbocycles. The third kappa shape index (κ3) is 3.11. The van der Waals surface area contributed by atoms with Crippen molar-refractivity contribution < 1.29 is 0 Å². The highest BCUT2D eigenvalue weighted by molar-refractivity contribution is 7.80. The fraction of sp³-hybridized carbons (Fsp3) is 0.118. The number of aromatic nitrogens is 5. The Hall–Kier alpha value is -3.33. The van der Waals surface area contributed by atoms with Gasteiger partial charge in [-0.25, -0.2) is 9.67 Å². The minimum Gasteiger partial charge on any atom is -0.361 e. The molecule has 0 saturated carbocycles. The zero-order valence-electron chi connectivity index (χ0n) is 13.6. The number of nitrogens with one attached hydrogen (secondary N) is 3. The maximum Gasteiger partial charge on any atom is 0.280 e. The van der Waals surface area contributed by atoms with Gasteiger partial charge in [0.15, 0.2) is 16.3 Å². The van der Waals surface area contributed by atoms with E-state index in [1.807, 2.05) is 30.3 Å². The topological polar surface area (TPSA) is 101 Å². The standard InChI is InChI=1S/C17H15N7OS/c25-16-14-15(19-10-20-16)24(23-22-14)9-8-18-17(26)21-13-7-3-5-11-4-1-2-6-12(11)13/h1-7,10H,8-9H2,(H2,18,21,26)(H,19,20,25). The van der Waals surface area contributed by atoms with E-state index in [1.54, 1.807) is 4.68 Å². The summed E-state index contributed by atoms with van der Waals surface area (Å²) in [6.07, 6.45) is 1.34. The van der Waals surface area contributed by atoms with Crippen LogP contribution in [0.25, 0.3) is 21.9 Å². The smallest absolute Gasteiger partial charge is 0.280 e. The molecular formula is C17H15N7OS. The molecule has 0 aliphatic carbocycles. The molecule has 0 bridgehead atoms. The van der Waals surface area contributed by atoms with Crippen LogP contribution in [0.1, 0.15) is 0 Å². The van der Waals surface area contributed by atoms with Gasteiger partial charge in [0.2, 0.25) is 0 Å². The van der Waals surface area contributed by atoms with Crippen LogP contribution in [0, 0.1) is 0 Å². The van der Waals surface area contributed by atoms with Crippen LogP contribution in [0.15, 0.2) is 53.6 Å². The highest BCUT2D eigenvalue weighted by Gasteiger charge is 2.09. The molecule has 4 rings (SSSR count). The summed E-state index contributed by atoms with van der Waals surface area (Å²) in [4.78, 5) is 18.2. The van der Waals surface area contributed by atoms with Gasteiger partial charge in [0.25, 0.3) is 5.56 Å². The Morgan fingerprint density at radius 2 is 2.04 bits per heavy atom. The Balaban J connectivity index is 1.41. The van der Waals surface area contributed by atoms with E-state index in [0.29, 0.717) is 23.8 Å². The van der Waals surface area contributed by atoms with Gasteiger partial charge in [0.05, 0.1) is 12.9 Å². The second kappa shape index (κ2) is 6.89. The normalized spacial score (nSPS) is 10.9. The maximum atomic E-state index is 11.6. The molecule has 0 atom stereocenters. The second-order valence-electron chi connectivity index (χ2n) is 5.62. The fourth-order valence-corrected chi connectivity index (χ4v) is 2.94. The summed E-state index contributed by atoms with van der Waals surface area (Å²) >= 11 is 5.37. The summed E-state index contributed by atoms with van der Waals surface area (Å²) in [5.74, 6) is 0. The summed E-state index contributed by atoms with van der Waals surface area (Å²) in [5.41, 5.74) is 1.31. The van der Waals surface area contributed by atoms with Gasteiger partial charge in [-0.3, -0.25) is 4.79 Å². The van der Waals surface area contributed by atoms with Gasteiger partial charge in [-0.1, -0.05) is 41.6 Å². The largest absolute Gasteiger partial charge is 0.361 e. The van der Waals surface area contributed by atoms with Gasteiger partial charge in [-0.2, -0.15) is 0 Å². The predicted octanol–water partition coefficient (Wildman–Crippen LogP) is 1.65. The highest BCUT2D eigenvalue weighted by atomic mass is 32.1. The first kappa shape index (κ1) is 16.2. The Labute approximate surface area is 153 Å². The van der Waals surface area contributed by atoms with Crippen LogP contribution in [0.3, 0.4) is 0 Å². The number of anilines is 1. The van der Waals surface area contributed by atoms with Crippen LogP contribution >= 0.6 is 12.2 Å². The van der Waals surface area contributed by atoms with Crippen LogP contribution in [-0.4, -0.2) is 36.6 Å². The molecule has 9 heteroatoms. The van der Waals surface area contributed by atoms with E-state index in [1.165, 1.54) is 6.33 Å². The SMILES string of the molecule is O=c1[nH]cnc2c1nnn2CCNC(=S)Nc1cccc2ccccc12. The predicted molar refractivity (Wildman–Crippen MR) is 104 cm³/mol. The molecule has 0 aliphatic heterocycles. The van der Waals surface area contributed by atoms with Gasteiger partial charge in [-0.15, -0.1) is 5.10 Å².